The molecule has 1 aromatic rings. The zero-order valence-corrected chi connectivity index (χ0v) is 16.0. The van der Waals surface area contributed by atoms with Crippen molar-refractivity contribution in [2.24, 2.45) is 5.92 Å². The SMILES string of the molecule is CC(C)(C)OC(=O)N1CCC[C@@H]1[C@H]1CCCN(C(=O)c2cccnc2)C1. The minimum atomic E-state index is -0.487. The molecule has 0 aliphatic carbocycles. The number of carbonyl (C=O) groups excluding carboxylic acids is 2. The Labute approximate surface area is 155 Å². The van der Waals surface area contributed by atoms with E-state index in [-0.39, 0.29) is 18.0 Å². The fraction of sp³-hybridized carbons (Fsp3) is 0.650. The van der Waals surface area contributed by atoms with Crippen LogP contribution in [0.3, 0.4) is 0 Å². The highest BCUT2D eigenvalue weighted by Crippen LogP contribution is 2.32. The molecule has 3 heterocycles. The summed E-state index contributed by atoms with van der Waals surface area (Å²) in [5.41, 5.74) is 0.141. The standard InChI is InChI=1S/C20H29N3O3/c1-20(2,3)26-19(25)23-12-6-9-17(23)16-8-5-11-22(14-16)18(24)15-7-4-10-21-13-15/h4,7,10,13,16-17H,5-6,8-9,11-12,14H2,1-3H3/t16-,17+/m0/s1. The van der Waals surface area contributed by atoms with E-state index >= 15 is 0 Å². The van der Waals surface area contributed by atoms with Gasteiger partial charge in [-0.15, -0.1) is 0 Å². The Morgan fingerprint density at radius 1 is 1.19 bits per heavy atom. The van der Waals surface area contributed by atoms with E-state index in [9.17, 15) is 9.59 Å². The molecule has 6 nitrogen and oxygen atoms in total. The number of ether oxygens (including phenoxy) is 1. The van der Waals surface area contributed by atoms with Crippen LogP contribution in [0.1, 0.15) is 56.8 Å². The van der Waals surface area contributed by atoms with Crippen LogP contribution in [0.4, 0.5) is 4.79 Å². The molecule has 0 aromatic carbocycles. The van der Waals surface area contributed by atoms with E-state index in [0.717, 1.165) is 38.8 Å². The molecule has 1 aromatic heterocycles. The van der Waals surface area contributed by atoms with E-state index in [2.05, 4.69) is 4.98 Å². The van der Waals surface area contributed by atoms with Gasteiger partial charge in [-0.2, -0.15) is 0 Å². The molecule has 0 radical (unpaired) electrons. The second-order valence-corrected chi connectivity index (χ2v) is 8.28. The quantitative estimate of drug-likeness (QED) is 0.812. The van der Waals surface area contributed by atoms with Crippen LogP contribution in [-0.4, -0.2) is 58.1 Å². The van der Waals surface area contributed by atoms with Crippen molar-refractivity contribution in [3.8, 4) is 0 Å². The van der Waals surface area contributed by atoms with Crippen LogP contribution in [0.25, 0.3) is 0 Å². The maximum Gasteiger partial charge on any atom is 0.410 e. The van der Waals surface area contributed by atoms with Gasteiger partial charge in [-0.25, -0.2) is 4.79 Å². The number of hydrogen-bond donors (Lipinski definition) is 0. The average Bonchev–Trinajstić information content (AvgIpc) is 3.10. The number of carbonyl (C=O) groups is 2. The van der Waals surface area contributed by atoms with E-state index in [1.165, 1.54) is 0 Å². The van der Waals surface area contributed by atoms with Gasteiger partial charge in [-0.3, -0.25) is 9.78 Å². The topological polar surface area (TPSA) is 62.7 Å². The Hall–Kier alpha value is -2.11. The molecule has 2 amide bonds. The van der Waals surface area contributed by atoms with E-state index in [0.29, 0.717) is 18.0 Å². The third-order valence-electron chi connectivity index (χ3n) is 5.12. The fourth-order valence-electron chi connectivity index (χ4n) is 4.01. The third-order valence-corrected chi connectivity index (χ3v) is 5.12. The number of nitrogens with zero attached hydrogens (tertiary/aromatic N) is 3. The van der Waals surface area contributed by atoms with E-state index in [4.69, 9.17) is 4.74 Å². The second-order valence-electron chi connectivity index (χ2n) is 8.28. The number of pyridine rings is 1. The van der Waals surface area contributed by atoms with Crippen molar-refractivity contribution in [3.05, 3.63) is 30.1 Å². The first-order valence-electron chi connectivity index (χ1n) is 9.54. The van der Waals surface area contributed by atoms with E-state index in [1.807, 2.05) is 36.6 Å². The lowest BCUT2D eigenvalue weighted by Crippen LogP contribution is -2.49. The predicted molar refractivity (Wildman–Crippen MR) is 98.8 cm³/mol. The van der Waals surface area contributed by atoms with Gasteiger partial charge in [0.25, 0.3) is 5.91 Å². The van der Waals surface area contributed by atoms with E-state index in [1.54, 1.807) is 18.5 Å². The molecule has 2 saturated heterocycles. The van der Waals surface area contributed by atoms with Crippen LogP contribution in [0.2, 0.25) is 0 Å². The normalized spacial score (nSPS) is 23.8. The number of amides is 2. The van der Waals surface area contributed by atoms with Crippen molar-refractivity contribution >= 4 is 12.0 Å². The summed E-state index contributed by atoms with van der Waals surface area (Å²) in [6.45, 7) is 7.88. The van der Waals surface area contributed by atoms with Gasteiger partial charge < -0.3 is 14.5 Å². The van der Waals surface area contributed by atoms with Gasteiger partial charge >= 0.3 is 6.09 Å². The summed E-state index contributed by atoms with van der Waals surface area (Å²) in [6.07, 6.45) is 7.06. The van der Waals surface area contributed by atoms with Crippen molar-refractivity contribution < 1.29 is 14.3 Å². The molecule has 6 heteroatoms. The Morgan fingerprint density at radius 3 is 2.65 bits per heavy atom. The third kappa shape index (κ3) is 4.34. The summed E-state index contributed by atoms with van der Waals surface area (Å²) >= 11 is 0. The van der Waals surface area contributed by atoms with Crippen molar-refractivity contribution in [1.29, 1.82) is 0 Å². The first-order chi connectivity index (χ1) is 12.3. The van der Waals surface area contributed by atoms with Gasteiger partial charge in [0.15, 0.2) is 0 Å². The lowest BCUT2D eigenvalue weighted by molar-refractivity contribution is 0.0127. The minimum Gasteiger partial charge on any atom is -0.444 e. The summed E-state index contributed by atoms with van der Waals surface area (Å²) in [4.78, 5) is 33.2. The highest BCUT2D eigenvalue weighted by molar-refractivity contribution is 5.93. The number of aromatic nitrogens is 1. The van der Waals surface area contributed by atoms with Crippen LogP contribution >= 0.6 is 0 Å². The molecule has 2 aliphatic rings. The van der Waals surface area contributed by atoms with Crippen LogP contribution in [0.5, 0.6) is 0 Å². The molecule has 0 unspecified atom stereocenters. The Balaban J connectivity index is 1.67. The number of rotatable bonds is 2. The molecule has 3 rings (SSSR count). The molecule has 2 atom stereocenters. The van der Waals surface area contributed by atoms with E-state index < -0.39 is 5.60 Å². The molecular formula is C20H29N3O3. The first-order valence-corrected chi connectivity index (χ1v) is 9.54. The monoisotopic (exact) mass is 359 g/mol. The lowest BCUT2D eigenvalue weighted by atomic mass is 9.89. The van der Waals surface area contributed by atoms with Gasteiger partial charge in [0.05, 0.1) is 5.56 Å². The first kappa shape index (κ1) is 18.7. The molecule has 0 N–H and O–H groups in total. The van der Waals surface area contributed by atoms with Gasteiger partial charge in [-0.05, 0) is 64.5 Å². The van der Waals surface area contributed by atoms with Crippen LogP contribution in [0.15, 0.2) is 24.5 Å². The molecule has 26 heavy (non-hydrogen) atoms. The van der Waals surface area contributed by atoms with Gasteiger partial charge in [0.1, 0.15) is 5.60 Å². The minimum absolute atomic E-state index is 0.0321. The molecule has 0 saturated carbocycles. The van der Waals surface area contributed by atoms with Crippen LogP contribution in [-0.2, 0) is 4.74 Å². The zero-order chi connectivity index (χ0) is 18.7. The van der Waals surface area contributed by atoms with Crippen LogP contribution < -0.4 is 0 Å². The molecule has 142 valence electrons. The van der Waals surface area contributed by atoms with Crippen molar-refractivity contribution in [3.63, 3.8) is 0 Å². The molecule has 2 aliphatic heterocycles. The van der Waals surface area contributed by atoms with Gasteiger partial charge in [0, 0.05) is 38.1 Å². The maximum absolute atomic E-state index is 12.7. The Morgan fingerprint density at radius 2 is 1.96 bits per heavy atom. The predicted octanol–water partition coefficient (Wildman–Crippen LogP) is 3.33. The largest absolute Gasteiger partial charge is 0.444 e. The zero-order valence-electron chi connectivity index (χ0n) is 16.0. The molecule has 2 fully saturated rings. The van der Waals surface area contributed by atoms with Crippen LogP contribution in [0, 0.1) is 5.92 Å². The Kier molecular flexibility index (Phi) is 5.49. The van der Waals surface area contributed by atoms with Gasteiger partial charge in [-0.1, -0.05) is 0 Å². The highest BCUT2D eigenvalue weighted by Gasteiger charge is 2.39. The number of hydrogen-bond acceptors (Lipinski definition) is 4. The summed E-state index contributed by atoms with van der Waals surface area (Å²) in [5, 5.41) is 0. The maximum atomic E-state index is 12.7. The summed E-state index contributed by atoms with van der Waals surface area (Å²) in [7, 11) is 0. The second kappa shape index (κ2) is 7.64. The van der Waals surface area contributed by atoms with Crippen molar-refractivity contribution in [2.45, 2.75) is 58.1 Å². The molecule has 0 spiro atoms. The fourth-order valence-corrected chi connectivity index (χ4v) is 4.01. The Bertz CT molecular complexity index is 641. The summed E-state index contributed by atoms with van der Waals surface area (Å²) in [5.74, 6) is 0.337. The van der Waals surface area contributed by atoms with Crippen molar-refractivity contribution in [1.82, 2.24) is 14.8 Å². The van der Waals surface area contributed by atoms with Crippen molar-refractivity contribution in [2.75, 3.05) is 19.6 Å². The summed E-state index contributed by atoms with van der Waals surface area (Å²) in [6, 6.07) is 3.76. The number of likely N-dealkylation sites (tertiary alicyclic amines) is 2. The molecule has 0 bridgehead atoms. The average molecular weight is 359 g/mol. The number of piperidine rings is 1. The van der Waals surface area contributed by atoms with Gasteiger partial charge in [0.2, 0.25) is 0 Å². The molecular weight excluding hydrogens is 330 g/mol. The summed E-state index contributed by atoms with van der Waals surface area (Å²) < 4.78 is 5.58. The smallest absolute Gasteiger partial charge is 0.410 e. The highest BCUT2D eigenvalue weighted by atomic mass is 16.6. The lowest BCUT2D eigenvalue weighted by Gasteiger charge is -2.39.